The summed E-state index contributed by atoms with van der Waals surface area (Å²) in [7, 11) is 0. The van der Waals surface area contributed by atoms with Gasteiger partial charge in [0.15, 0.2) is 5.11 Å². The van der Waals surface area contributed by atoms with Crippen LogP contribution in [0.1, 0.15) is 55.4 Å². The summed E-state index contributed by atoms with van der Waals surface area (Å²) in [5.41, 5.74) is 4.19. The number of hydrogen-bond acceptors (Lipinski definition) is 4. The Morgan fingerprint density at radius 3 is 2.83 bits per heavy atom. The summed E-state index contributed by atoms with van der Waals surface area (Å²) in [6.07, 6.45) is 12.1. The summed E-state index contributed by atoms with van der Waals surface area (Å²) in [4.78, 5) is 19.5. The minimum atomic E-state index is -0.0350. The molecule has 2 heterocycles. The third-order valence-corrected chi connectivity index (χ3v) is 6.45. The molecule has 1 fully saturated rings. The summed E-state index contributed by atoms with van der Waals surface area (Å²) >= 11 is 7.06. The molecule has 0 atom stereocenters. The second-order valence-corrected chi connectivity index (χ2v) is 8.22. The average Bonchev–Trinajstić information content (AvgIpc) is 2.97. The first-order chi connectivity index (χ1) is 11.7. The van der Waals surface area contributed by atoms with Crippen LogP contribution in [0.2, 0.25) is 0 Å². The number of rotatable bonds is 2. The van der Waals surface area contributed by atoms with Crippen LogP contribution in [0.4, 0.5) is 0 Å². The zero-order valence-corrected chi connectivity index (χ0v) is 15.3. The van der Waals surface area contributed by atoms with Crippen LogP contribution in [-0.4, -0.2) is 20.8 Å². The highest BCUT2D eigenvalue weighted by Crippen LogP contribution is 2.33. The molecule has 0 unspecified atom stereocenters. The zero-order chi connectivity index (χ0) is 16.5. The van der Waals surface area contributed by atoms with E-state index < -0.39 is 0 Å². The van der Waals surface area contributed by atoms with Gasteiger partial charge in [-0.2, -0.15) is 0 Å². The van der Waals surface area contributed by atoms with Gasteiger partial charge >= 0.3 is 0 Å². The molecule has 2 aliphatic rings. The number of aromatic nitrogens is 2. The van der Waals surface area contributed by atoms with E-state index in [9.17, 15) is 4.79 Å². The van der Waals surface area contributed by atoms with E-state index in [2.05, 4.69) is 15.7 Å². The Balaban J connectivity index is 1.57. The predicted octanol–water partition coefficient (Wildman–Crippen LogP) is 3.09. The number of fused-ring (bicyclic) bond motifs is 3. The molecule has 2 aromatic heterocycles. The topological polar surface area (TPSA) is 59.0 Å². The molecule has 0 amide bonds. The lowest BCUT2D eigenvalue weighted by Gasteiger charge is -2.24. The molecule has 128 valence electrons. The lowest BCUT2D eigenvalue weighted by Crippen LogP contribution is -2.44. The first-order valence-electron chi connectivity index (χ1n) is 8.82. The van der Waals surface area contributed by atoms with Crippen molar-refractivity contribution < 1.29 is 0 Å². The van der Waals surface area contributed by atoms with Gasteiger partial charge in [0.1, 0.15) is 11.2 Å². The molecular weight excluding hydrogens is 340 g/mol. The summed E-state index contributed by atoms with van der Waals surface area (Å²) < 4.78 is 1.43. The zero-order valence-electron chi connectivity index (χ0n) is 13.6. The van der Waals surface area contributed by atoms with Crippen LogP contribution in [0.15, 0.2) is 11.1 Å². The number of thiophene rings is 1. The Labute approximate surface area is 150 Å². The molecular formula is C17H22N4OS2. The van der Waals surface area contributed by atoms with Gasteiger partial charge in [-0.05, 0) is 56.3 Å². The Morgan fingerprint density at radius 2 is 2.00 bits per heavy atom. The highest BCUT2D eigenvalue weighted by atomic mass is 32.1. The van der Waals surface area contributed by atoms with E-state index >= 15 is 0 Å². The second kappa shape index (κ2) is 6.80. The lowest BCUT2D eigenvalue weighted by atomic mass is 9.96. The smallest absolute Gasteiger partial charge is 0.281 e. The largest absolute Gasteiger partial charge is 0.359 e. The molecule has 2 aliphatic carbocycles. The highest BCUT2D eigenvalue weighted by Gasteiger charge is 2.20. The van der Waals surface area contributed by atoms with Gasteiger partial charge in [0.05, 0.1) is 5.39 Å². The first-order valence-corrected chi connectivity index (χ1v) is 10.0. The quantitative estimate of drug-likeness (QED) is 0.804. The minimum absolute atomic E-state index is 0.0350. The van der Waals surface area contributed by atoms with Crippen molar-refractivity contribution in [1.29, 1.82) is 0 Å². The standard InChI is InChI=1S/C17H22N4OS2/c22-16-14-12-8-4-5-9-13(12)24-15(14)18-10-21(16)20-17(23)19-11-6-2-1-3-7-11/h10-11H,1-9H2,(H2,19,20,23). The Kier molecular flexibility index (Phi) is 4.54. The fourth-order valence-electron chi connectivity index (χ4n) is 3.80. The molecule has 7 heteroatoms. The van der Waals surface area contributed by atoms with Gasteiger partial charge in [0.25, 0.3) is 5.56 Å². The van der Waals surface area contributed by atoms with Crippen molar-refractivity contribution >= 4 is 38.9 Å². The maximum absolute atomic E-state index is 12.9. The van der Waals surface area contributed by atoms with Crippen LogP contribution in [0.5, 0.6) is 0 Å². The molecule has 0 aromatic carbocycles. The van der Waals surface area contributed by atoms with Crippen LogP contribution in [0.3, 0.4) is 0 Å². The summed E-state index contributed by atoms with van der Waals surface area (Å²) in [6.45, 7) is 0. The fourth-order valence-corrected chi connectivity index (χ4v) is 5.28. The van der Waals surface area contributed by atoms with E-state index in [-0.39, 0.29) is 5.56 Å². The normalized spacial score (nSPS) is 18.3. The van der Waals surface area contributed by atoms with Crippen LogP contribution < -0.4 is 16.3 Å². The number of nitrogens with one attached hydrogen (secondary N) is 2. The van der Waals surface area contributed by atoms with Gasteiger partial charge < -0.3 is 5.32 Å². The summed E-state index contributed by atoms with van der Waals surface area (Å²) in [5.74, 6) is 0. The Bertz CT molecular complexity index is 820. The summed E-state index contributed by atoms with van der Waals surface area (Å²) in [5, 5.41) is 4.63. The molecule has 1 saturated carbocycles. The highest BCUT2D eigenvalue weighted by molar-refractivity contribution is 7.80. The van der Waals surface area contributed by atoms with Gasteiger partial charge in [-0.1, -0.05) is 19.3 Å². The number of nitrogens with zero attached hydrogens (tertiary/aromatic N) is 2. The van der Waals surface area contributed by atoms with E-state index in [4.69, 9.17) is 12.2 Å². The predicted molar refractivity (Wildman–Crippen MR) is 102 cm³/mol. The van der Waals surface area contributed by atoms with Crippen molar-refractivity contribution in [2.75, 3.05) is 5.43 Å². The van der Waals surface area contributed by atoms with E-state index in [1.54, 1.807) is 17.7 Å². The number of hydrogen-bond donors (Lipinski definition) is 2. The molecule has 24 heavy (non-hydrogen) atoms. The second-order valence-electron chi connectivity index (χ2n) is 6.73. The molecule has 0 spiro atoms. The van der Waals surface area contributed by atoms with Crippen molar-refractivity contribution in [3.8, 4) is 0 Å². The number of aryl methyl sites for hydroxylation is 2. The average molecular weight is 363 g/mol. The SMILES string of the molecule is O=c1c2c3c(sc2ncn1NC(=S)NC1CCCCC1)CCCC3. The van der Waals surface area contributed by atoms with Crippen molar-refractivity contribution in [3.05, 3.63) is 27.1 Å². The maximum atomic E-state index is 12.9. The van der Waals surface area contributed by atoms with Gasteiger partial charge in [-0.25, -0.2) is 9.66 Å². The first kappa shape index (κ1) is 16.0. The van der Waals surface area contributed by atoms with Crippen LogP contribution in [0, 0.1) is 0 Å². The van der Waals surface area contributed by atoms with Gasteiger partial charge in [-0.15, -0.1) is 11.3 Å². The molecule has 2 aromatic rings. The summed E-state index contributed by atoms with van der Waals surface area (Å²) in [6, 6.07) is 0.417. The van der Waals surface area contributed by atoms with E-state index in [1.807, 2.05) is 0 Å². The fraction of sp³-hybridized carbons (Fsp3) is 0.588. The molecule has 0 saturated heterocycles. The third-order valence-electron chi connectivity index (χ3n) is 5.04. The molecule has 0 radical (unpaired) electrons. The maximum Gasteiger partial charge on any atom is 0.281 e. The van der Waals surface area contributed by atoms with Crippen molar-refractivity contribution in [2.45, 2.75) is 63.8 Å². The van der Waals surface area contributed by atoms with Crippen LogP contribution >= 0.6 is 23.6 Å². The van der Waals surface area contributed by atoms with Crippen LogP contribution in [-0.2, 0) is 12.8 Å². The van der Waals surface area contributed by atoms with Crippen molar-refractivity contribution in [3.63, 3.8) is 0 Å². The van der Waals surface area contributed by atoms with Gasteiger partial charge in [0.2, 0.25) is 0 Å². The Morgan fingerprint density at radius 1 is 1.21 bits per heavy atom. The molecule has 0 aliphatic heterocycles. The van der Waals surface area contributed by atoms with E-state index in [0.717, 1.165) is 42.3 Å². The van der Waals surface area contributed by atoms with Gasteiger partial charge in [0, 0.05) is 10.9 Å². The third kappa shape index (κ3) is 3.07. The van der Waals surface area contributed by atoms with Crippen molar-refractivity contribution in [1.82, 2.24) is 15.0 Å². The molecule has 4 rings (SSSR count). The van der Waals surface area contributed by atoms with Crippen molar-refractivity contribution in [2.24, 2.45) is 0 Å². The van der Waals surface area contributed by atoms with E-state index in [1.165, 1.54) is 40.8 Å². The number of thiocarbonyl (C=S) groups is 1. The Hall–Kier alpha value is -1.47. The minimum Gasteiger partial charge on any atom is -0.359 e. The van der Waals surface area contributed by atoms with Crippen LogP contribution in [0.25, 0.3) is 10.2 Å². The molecule has 5 nitrogen and oxygen atoms in total. The molecule has 2 N–H and O–H groups in total. The monoisotopic (exact) mass is 362 g/mol. The van der Waals surface area contributed by atoms with E-state index in [0.29, 0.717) is 11.2 Å². The molecule has 0 bridgehead atoms. The lowest BCUT2D eigenvalue weighted by molar-refractivity contribution is 0.414. The van der Waals surface area contributed by atoms with Gasteiger partial charge in [-0.3, -0.25) is 10.2 Å².